The van der Waals surface area contributed by atoms with Crippen molar-refractivity contribution in [1.29, 1.82) is 0 Å². The fourth-order valence-electron chi connectivity index (χ4n) is 2.43. The summed E-state index contributed by atoms with van der Waals surface area (Å²) in [6.45, 7) is 0. The van der Waals surface area contributed by atoms with Crippen LogP contribution in [0, 0.1) is 0 Å². The van der Waals surface area contributed by atoms with E-state index in [1.807, 2.05) is 0 Å². The molecule has 3 rings (SSSR count). The molecule has 0 N–H and O–H groups in total. The zero-order valence-electron chi connectivity index (χ0n) is 11.1. The van der Waals surface area contributed by atoms with Gasteiger partial charge in [-0.1, -0.05) is 10.4 Å². The highest BCUT2D eigenvalue weighted by Crippen LogP contribution is 2.40. The fraction of sp³-hybridized carbons (Fsp3) is 0.667. The Labute approximate surface area is 114 Å². The molecule has 0 atom stereocenters. The van der Waals surface area contributed by atoms with Crippen molar-refractivity contribution in [2.75, 3.05) is 0 Å². The fourth-order valence-corrected chi connectivity index (χ4v) is 2.43. The van der Waals surface area contributed by atoms with Crippen LogP contribution in [-0.2, 0) is 13.5 Å². The lowest BCUT2D eigenvalue weighted by molar-refractivity contribution is -0.0402. The second kappa shape index (κ2) is 4.92. The number of alkyl halides is 2. The van der Waals surface area contributed by atoms with Crippen LogP contribution < -0.4 is 0 Å². The highest BCUT2D eigenvalue weighted by atomic mass is 19.3. The van der Waals surface area contributed by atoms with E-state index in [2.05, 4.69) is 20.5 Å². The summed E-state index contributed by atoms with van der Waals surface area (Å²) >= 11 is 0. The Kier molecular flexibility index (Phi) is 3.23. The van der Waals surface area contributed by atoms with Crippen molar-refractivity contribution in [2.45, 2.75) is 43.9 Å². The summed E-state index contributed by atoms with van der Waals surface area (Å²) in [4.78, 5) is 4.29. The molecule has 6 nitrogen and oxygen atoms in total. The van der Waals surface area contributed by atoms with Crippen molar-refractivity contribution >= 4 is 0 Å². The van der Waals surface area contributed by atoms with Gasteiger partial charge in [0.05, 0.1) is 12.1 Å². The average molecular weight is 283 g/mol. The molecule has 1 fully saturated rings. The lowest BCUT2D eigenvalue weighted by atomic mass is 9.87. The zero-order chi connectivity index (χ0) is 14.2. The molecule has 0 aromatic carbocycles. The van der Waals surface area contributed by atoms with Crippen LogP contribution in [0.4, 0.5) is 8.78 Å². The monoisotopic (exact) mass is 283 g/mol. The number of nitrogens with zero attached hydrogens (tertiary/aromatic N) is 5. The Morgan fingerprint density at radius 3 is 2.80 bits per heavy atom. The van der Waals surface area contributed by atoms with Crippen LogP contribution >= 0.6 is 0 Å². The first-order valence-corrected chi connectivity index (χ1v) is 6.57. The Morgan fingerprint density at radius 2 is 2.15 bits per heavy atom. The van der Waals surface area contributed by atoms with E-state index < -0.39 is 5.92 Å². The zero-order valence-corrected chi connectivity index (χ0v) is 11.1. The second-order valence-electron chi connectivity index (χ2n) is 5.24. The maximum Gasteiger partial charge on any atom is 0.248 e. The molecule has 1 aliphatic rings. The van der Waals surface area contributed by atoms with Crippen LogP contribution in [0.15, 0.2) is 10.7 Å². The number of hydrogen-bond acceptors (Lipinski definition) is 5. The van der Waals surface area contributed by atoms with Crippen LogP contribution in [0.1, 0.15) is 49.0 Å². The summed E-state index contributed by atoms with van der Waals surface area (Å²) in [5, 5.41) is 11.6. The van der Waals surface area contributed by atoms with Gasteiger partial charge in [-0.05, 0) is 12.8 Å². The SMILES string of the molecule is Cn1cc(Cc2noc(C3CCC(F)(F)CC3)n2)nn1. The van der Waals surface area contributed by atoms with E-state index in [0.717, 1.165) is 5.69 Å². The number of aryl methyl sites for hydroxylation is 1. The first-order valence-electron chi connectivity index (χ1n) is 6.57. The molecule has 2 aromatic rings. The minimum absolute atomic E-state index is 0.0577. The summed E-state index contributed by atoms with van der Waals surface area (Å²) in [6, 6.07) is 0. The van der Waals surface area contributed by atoms with Gasteiger partial charge >= 0.3 is 0 Å². The van der Waals surface area contributed by atoms with Gasteiger partial charge in [-0.3, -0.25) is 4.68 Å². The van der Waals surface area contributed by atoms with Crippen molar-refractivity contribution in [3.8, 4) is 0 Å². The smallest absolute Gasteiger partial charge is 0.248 e. The second-order valence-corrected chi connectivity index (χ2v) is 5.24. The third-order valence-electron chi connectivity index (χ3n) is 3.54. The van der Waals surface area contributed by atoms with Crippen LogP contribution in [0.2, 0.25) is 0 Å². The van der Waals surface area contributed by atoms with E-state index in [0.29, 0.717) is 31.0 Å². The molecule has 20 heavy (non-hydrogen) atoms. The van der Waals surface area contributed by atoms with Crippen LogP contribution in [0.5, 0.6) is 0 Å². The standard InChI is InChI=1S/C12H15F2N5O/c1-19-7-9(16-18-19)6-10-15-11(20-17-10)8-2-4-12(13,14)5-3-8/h7-8H,2-6H2,1H3. The third-order valence-corrected chi connectivity index (χ3v) is 3.54. The topological polar surface area (TPSA) is 69.6 Å². The van der Waals surface area contributed by atoms with E-state index in [1.54, 1.807) is 17.9 Å². The van der Waals surface area contributed by atoms with E-state index in [-0.39, 0.29) is 18.8 Å². The number of aromatic nitrogens is 5. The predicted octanol–water partition coefficient (Wildman–Crippen LogP) is 2.08. The summed E-state index contributed by atoms with van der Waals surface area (Å²) in [7, 11) is 1.78. The molecule has 0 amide bonds. The molecule has 0 saturated heterocycles. The highest BCUT2D eigenvalue weighted by molar-refractivity contribution is 5.05. The maximum atomic E-state index is 13.1. The van der Waals surface area contributed by atoms with Crippen molar-refractivity contribution in [3.63, 3.8) is 0 Å². The third kappa shape index (κ3) is 2.83. The van der Waals surface area contributed by atoms with Gasteiger partial charge in [-0.15, -0.1) is 5.10 Å². The molecule has 0 unspecified atom stereocenters. The van der Waals surface area contributed by atoms with Gasteiger partial charge in [0.15, 0.2) is 5.82 Å². The average Bonchev–Trinajstić information content (AvgIpc) is 3.00. The number of halogens is 2. The van der Waals surface area contributed by atoms with Gasteiger partial charge in [-0.25, -0.2) is 8.78 Å². The summed E-state index contributed by atoms with van der Waals surface area (Å²) in [5.41, 5.74) is 0.745. The molecule has 0 spiro atoms. The Bertz CT molecular complexity index is 584. The minimum Gasteiger partial charge on any atom is -0.339 e. The largest absolute Gasteiger partial charge is 0.339 e. The van der Waals surface area contributed by atoms with Gasteiger partial charge in [0, 0.05) is 32.0 Å². The summed E-state index contributed by atoms with van der Waals surface area (Å²) in [6.07, 6.45) is 2.76. The van der Waals surface area contributed by atoms with E-state index in [9.17, 15) is 8.78 Å². The Balaban J connectivity index is 1.65. The molecule has 108 valence electrons. The molecule has 1 aliphatic carbocycles. The maximum absolute atomic E-state index is 13.1. The highest BCUT2D eigenvalue weighted by Gasteiger charge is 2.37. The van der Waals surface area contributed by atoms with E-state index in [1.165, 1.54) is 0 Å². The molecular formula is C12H15F2N5O. The Morgan fingerprint density at radius 1 is 1.40 bits per heavy atom. The van der Waals surface area contributed by atoms with E-state index in [4.69, 9.17) is 4.52 Å². The summed E-state index contributed by atoms with van der Waals surface area (Å²) in [5.74, 6) is -1.63. The molecule has 8 heteroatoms. The Hall–Kier alpha value is -1.86. The predicted molar refractivity (Wildman–Crippen MR) is 64.3 cm³/mol. The lowest BCUT2D eigenvalue weighted by Gasteiger charge is -2.25. The van der Waals surface area contributed by atoms with Crippen molar-refractivity contribution < 1.29 is 13.3 Å². The van der Waals surface area contributed by atoms with Gasteiger partial charge < -0.3 is 4.52 Å². The molecule has 2 aromatic heterocycles. The lowest BCUT2D eigenvalue weighted by Crippen LogP contribution is -2.23. The van der Waals surface area contributed by atoms with Crippen LogP contribution in [0.3, 0.4) is 0 Å². The first kappa shape index (κ1) is 13.1. The van der Waals surface area contributed by atoms with Crippen molar-refractivity contribution in [1.82, 2.24) is 25.1 Å². The van der Waals surface area contributed by atoms with Gasteiger partial charge in [-0.2, -0.15) is 4.98 Å². The minimum atomic E-state index is -2.54. The number of rotatable bonds is 3. The van der Waals surface area contributed by atoms with E-state index >= 15 is 0 Å². The molecule has 1 saturated carbocycles. The molecular weight excluding hydrogens is 268 g/mol. The summed E-state index contributed by atoms with van der Waals surface area (Å²) < 4.78 is 33.0. The molecule has 0 bridgehead atoms. The van der Waals surface area contributed by atoms with Gasteiger partial charge in [0.2, 0.25) is 11.8 Å². The van der Waals surface area contributed by atoms with Crippen molar-refractivity contribution in [2.24, 2.45) is 7.05 Å². The van der Waals surface area contributed by atoms with Crippen LogP contribution in [0.25, 0.3) is 0 Å². The van der Waals surface area contributed by atoms with Gasteiger partial charge in [0.25, 0.3) is 0 Å². The van der Waals surface area contributed by atoms with Gasteiger partial charge in [0.1, 0.15) is 0 Å². The van der Waals surface area contributed by atoms with Crippen LogP contribution in [-0.4, -0.2) is 31.1 Å². The normalized spacial score (nSPS) is 19.4. The molecule has 0 aliphatic heterocycles. The quantitative estimate of drug-likeness (QED) is 0.862. The molecule has 0 radical (unpaired) electrons. The van der Waals surface area contributed by atoms with Crippen molar-refractivity contribution in [3.05, 3.63) is 23.6 Å². The molecule has 2 heterocycles. The first-order chi connectivity index (χ1) is 9.52. The number of hydrogen-bond donors (Lipinski definition) is 0.